The van der Waals surface area contributed by atoms with Crippen molar-refractivity contribution in [1.82, 2.24) is 0 Å². The van der Waals surface area contributed by atoms with Crippen LogP contribution in [0.1, 0.15) is 27.7 Å². The monoisotopic (exact) mass is 387 g/mol. The van der Waals surface area contributed by atoms with Crippen LogP contribution in [0.5, 0.6) is 0 Å². The fraction of sp³-hybridized carbons (Fsp3) is 0.643. The number of hydrogen-bond acceptors (Lipinski definition) is 11. The molecule has 0 radical (unpaired) electrons. The summed E-state index contributed by atoms with van der Waals surface area (Å²) < 4.78 is 24.6. The molecule has 13 heteroatoms. The first-order valence-corrected chi connectivity index (χ1v) is 7.50. The zero-order valence-corrected chi connectivity index (χ0v) is 14.8. The molecule has 1 rings (SSSR count). The molecule has 1 heterocycles. The van der Waals surface area contributed by atoms with E-state index < -0.39 is 60.5 Å². The number of carbonyl (C=O) groups is 5. The highest BCUT2D eigenvalue weighted by molar-refractivity contribution is 5.87. The predicted octanol–water partition coefficient (Wildman–Crippen LogP) is -0.0936. The lowest BCUT2D eigenvalue weighted by atomic mass is 9.97. The molecule has 1 aliphatic rings. The van der Waals surface area contributed by atoms with E-state index in [0.717, 1.165) is 27.7 Å². The Morgan fingerprint density at radius 3 is 1.74 bits per heavy atom. The van der Waals surface area contributed by atoms with E-state index in [4.69, 9.17) is 24.5 Å². The van der Waals surface area contributed by atoms with Crippen LogP contribution in [-0.2, 0) is 47.7 Å². The van der Waals surface area contributed by atoms with Crippen LogP contribution in [0.25, 0.3) is 10.4 Å². The van der Waals surface area contributed by atoms with Gasteiger partial charge < -0.3 is 23.7 Å². The molecule has 0 saturated carbocycles. The maximum Gasteiger partial charge on any atom is 0.346 e. The number of rotatable bonds is 5. The third kappa shape index (κ3) is 6.24. The Morgan fingerprint density at radius 2 is 1.30 bits per heavy atom. The largest absolute Gasteiger partial charge is 0.455 e. The molecule has 1 fully saturated rings. The minimum absolute atomic E-state index is 0.856. The summed E-state index contributed by atoms with van der Waals surface area (Å²) in [5.41, 5.74) is 8.69. The molecule has 5 atom stereocenters. The van der Waals surface area contributed by atoms with Gasteiger partial charge in [0.1, 0.15) is 0 Å². The molecule has 1 aliphatic heterocycles. The Morgan fingerprint density at radius 1 is 0.815 bits per heavy atom. The molecule has 1 saturated heterocycles. The summed E-state index contributed by atoms with van der Waals surface area (Å²) in [6, 6.07) is 0. The number of hydrogen-bond donors (Lipinski definition) is 0. The first kappa shape index (κ1) is 21.9. The quantitative estimate of drug-likeness (QED) is 0.154. The molecule has 13 nitrogen and oxygen atoms in total. The van der Waals surface area contributed by atoms with Crippen LogP contribution < -0.4 is 0 Å². The highest BCUT2D eigenvalue weighted by atomic mass is 16.7. The maximum atomic E-state index is 12.2. The Labute approximate surface area is 152 Å². The van der Waals surface area contributed by atoms with Gasteiger partial charge in [-0.2, -0.15) is 0 Å². The summed E-state index contributed by atoms with van der Waals surface area (Å²) >= 11 is 0. The lowest BCUT2D eigenvalue weighted by molar-refractivity contribution is -0.247. The summed E-state index contributed by atoms with van der Waals surface area (Å²) in [6.07, 6.45) is -8.20. The van der Waals surface area contributed by atoms with Gasteiger partial charge in [0.2, 0.25) is 0 Å². The van der Waals surface area contributed by atoms with Gasteiger partial charge in [-0.25, -0.2) is 4.79 Å². The van der Waals surface area contributed by atoms with Gasteiger partial charge in [0.25, 0.3) is 0 Å². The van der Waals surface area contributed by atoms with E-state index >= 15 is 0 Å². The van der Waals surface area contributed by atoms with Gasteiger partial charge in [-0.1, -0.05) is 5.11 Å². The molecular formula is C14H17N3O10. The zero-order chi connectivity index (χ0) is 20.7. The SMILES string of the molecule is CC(=O)OC(=O)[C@H]1O[C@@H](N=[N+]=[N-])[C@H](OC(C)=O)[C@@H](OC(C)=O)[C@@H]1OC(C)=O. The van der Waals surface area contributed by atoms with Crippen LogP contribution in [0, 0.1) is 0 Å². The predicted molar refractivity (Wildman–Crippen MR) is 81.2 cm³/mol. The maximum absolute atomic E-state index is 12.2. The van der Waals surface area contributed by atoms with Crippen LogP contribution in [0.3, 0.4) is 0 Å². The van der Waals surface area contributed by atoms with Crippen molar-refractivity contribution in [1.29, 1.82) is 0 Å². The first-order valence-electron chi connectivity index (χ1n) is 7.50. The second kappa shape index (κ2) is 9.50. The molecule has 0 bridgehead atoms. The smallest absolute Gasteiger partial charge is 0.346 e. The molecule has 0 aromatic rings. The van der Waals surface area contributed by atoms with Gasteiger partial charge in [0.05, 0.1) is 0 Å². The molecule has 148 valence electrons. The van der Waals surface area contributed by atoms with Crippen molar-refractivity contribution in [2.75, 3.05) is 0 Å². The average molecular weight is 387 g/mol. The molecular weight excluding hydrogens is 370 g/mol. The van der Waals surface area contributed by atoms with Crippen molar-refractivity contribution >= 4 is 29.8 Å². The van der Waals surface area contributed by atoms with Crippen LogP contribution in [0.2, 0.25) is 0 Å². The summed E-state index contributed by atoms with van der Waals surface area (Å²) in [4.78, 5) is 60.0. The summed E-state index contributed by atoms with van der Waals surface area (Å²) in [5.74, 6) is -4.91. The van der Waals surface area contributed by atoms with Crippen LogP contribution in [-0.4, -0.2) is 60.5 Å². The molecule has 0 amide bonds. The molecule has 0 aromatic heterocycles. The average Bonchev–Trinajstić information content (AvgIpc) is 2.50. The van der Waals surface area contributed by atoms with Crippen molar-refractivity contribution in [3.63, 3.8) is 0 Å². The zero-order valence-electron chi connectivity index (χ0n) is 14.8. The molecule has 27 heavy (non-hydrogen) atoms. The molecule has 0 aromatic carbocycles. The first-order chi connectivity index (χ1) is 12.6. The Balaban J connectivity index is 3.42. The minimum Gasteiger partial charge on any atom is -0.455 e. The van der Waals surface area contributed by atoms with Crippen molar-refractivity contribution in [3.05, 3.63) is 10.4 Å². The van der Waals surface area contributed by atoms with Gasteiger partial charge in [-0.05, 0) is 5.53 Å². The van der Waals surface area contributed by atoms with E-state index in [1.165, 1.54) is 0 Å². The standard InChI is InChI=1S/C14H17N3O10/c1-5(18)23-9-10(24-6(2)19)12(14(22)26-8(4)21)27-13(16-17-15)11(9)25-7(3)20/h9-13H,1-4H3/t9-,10-,11+,12-,13+/m0/s1. The van der Waals surface area contributed by atoms with Gasteiger partial charge in [0, 0.05) is 32.6 Å². The number of azide groups is 1. The number of nitrogens with zero attached hydrogens (tertiary/aromatic N) is 3. The number of esters is 5. The molecule has 0 N–H and O–H groups in total. The van der Waals surface area contributed by atoms with Crippen LogP contribution >= 0.6 is 0 Å². The summed E-state index contributed by atoms with van der Waals surface area (Å²) in [6.45, 7) is 3.97. The lowest BCUT2D eigenvalue weighted by Crippen LogP contribution is -2.63. The Hall–Kier alpha value is -3.18. The highest BCUT2D eigenvalue weighted by Crippen LogP contribution is 2.30. The van der Waals surface area contributed by atoms with E-state index in [1.807, 2.05) is 0 Å². The normalized spacial score (nSPS) is 26.7. The third-order valence-electron chi connectivity index (χ3n) is 3.06. The van der Waals surface area contributed by atoms with Crippen molar-refractivity contribution in [2.45, 2.75) is 58.3 Å². The van der Waals surface area contributed by atoms with E-state index in [2.05, 4.69) is 14.8 Å². The Bertz CT molecular complexity index is 687. The van der Waals surface area contributed by atoms with Crippen molar-refractivity contribution in [2.24, 2.45) is 5.11 Å². The fourth-order valence-corrected chi connectivity index (χ4v) is 2.32. The van der Waals surface area contributed by atoms with E-state index in [0.29, 0.717) is 0 Å². The lowest BCUT2D eigenvalue weighted by Gasteiger charge is -2.42. The van der Waals surface area contributed by atoms with Gasteiger partial charge in [-0.3, -0.25) is 19.2 Å². The van der Waals surface area contributed by atoms with Crippen molar-refractivity contribution < 1.29 is 47.7 Å². The van der Waals surface area contributed by atoms with E-state index in [9.17, 15) is 24.0 Å². The number of ether oxygens (including phenoxy) is 5. The van der Waals surface area contributed by atoms with E-state index in [1.54, 1.807) is 0 Å². The molecule has 0 unspecified atom stereocenters. The molecule has 0 spiro atoms. The van der Waals surface area contributed by atoms with Gasteiger partial charge in [-0.15, -0.1) is 0 Å². The topological polar surface area (TPSA) is 180 Å². The van der Waals surface area contributed by atoms with Gasteiger partial charge >= 0.3 is 29.8 Å². The van der Waals surface area contributed by atoms with Crippen molar-refractivity contribution in [3.8, 4) is 0 Å². The second-order valence-electron chi connectivity index (χ2n) is 5.29. The third-order valence-corrected chi connectivity index (χ3v) is 3.06. The number of carbonyl (C=O) groups excluding carboxylic acids is 5. The van der Waals surface area contributed by atoms with Crippen LogP contribution in [0.4, 0.5) is 0 Å². The summed E-state index contributed by atoms with van der Waals surface area (Å²) in [5, 5.41) is 3.26. The Kier molecular flexibility index (Phi) is 7.69. The summed E-state index contributed by atoms with van der Waals surface area (Å²) in [7, 11) is 0. The minimum atomic E-state index is -1.80. The fourth-order valence-electron chi connectivity index (χ4n) is 2.32. The second-order valence-corrected chi connectivity index (χ2v) is 5.29. The highest BCUT2D eigenvalue weighted by Gasteiger charge is 2.54. The van der Waals surface area contributed by atoms with Gasteiger partial charge in [0.15, 0.2) is 30.6 Å². The van der Waals surface area contributed by atoms with E-state index in [-0.39, 0.29) is 0 Å². The van der Waals surface area contributed by atoms with Crippen LogP contribution in [0.15, 0.2) is 5.11 Å². The molecule has 0 aliphatic carbocycles.